The van der Waals surface area contributed by atoms with Crippen LogP contribution in [0, 0.1) is 16.7 Å². The molecule has 2 nitrogen and oxygen atoms in total. The van der Waals surface area contributed by atoms with E-state index in [1.54, 1.807) is 0 Å². The Bertz CT molecular complexity index is 485. The maximum atomic E-state index is 4.51. The highest BCUT2D eigenvalue weighted by molar-refractivity contribution is 9.10. The predicted octanol–water partition coefficient (Wildman–Crippen LogP) is 4.15. The molecule has 1 N–H and O–H groups in total. The molecule has 3 unspecified atom stereocenters. The molecule has 2 bridgehead atoms. The fourth-order valence-electron chi connectivity index (χ4n) is 4.29. The van der Waals surface area contributed by atoms with Crippen LogP contribution in [0.3, 0.4) is 0 Å². The van der Waals surface area contributed by atoms with Crippen LogP contribution in [0.25, 0.3) is 0 Å². The summed E-state index contributed by atoms with van der Waals surface area (Å²) in [4.78, 5) is 4.51. The van der Waals surface area contributed by atoms with Crippen molar-refractivity contribution < 1.29 is 0 Å². The van der Waals surface area contributed by atoms with Crippen molar-refractivity contribution in [3.05, 3.63) is 28.5 Å². The van der Waals surface area contributed by atoms with E-state index >= 15 is 0 Å². The number of nitrogens with zero attached hydrogens (tertiary/aromatic N) is 1. The van der Waals surface area contributed by atoms with E-state index in [9.17, 15) is 0 Å². The van der Waals surface area contributed by atoms with Crippen molar-refractivity contribution in [2.75, 3.05) is 0 Å². The molecular formula is C16H23BrN2. The summed E-state index contributed by atoms with van der Waals surface area (Å²) in [6.45, 7) is 8.28. The first kappa shape index (κ1) is 13.6. The van der Waals surface area contributed by atoms with Crippen LogP contribution >= 0.6 is 15.9 Å². The molecule has 3 heteroatoms. The van der Waals surface area contributed by atoms with Gasteiger partial charge in [-0.25, -0.2) is 4.98 Å². The molecule has 0 radical (unpaired) electrons. The van der Waals surface area contributed by atoms with E-state index in [-0.39, 0.29) is 0 Å². The van der Waals surface area contributed by atoms with Gasteiger partial charge in [0.15, 0.2) is 0 Å². The number of hydrogen-bond donors (Lipinski definition) is 1. The highest BCUT2D eigenvalue weighted by Gasteiger charge is 2.60. The van der Waals surface area contributed by atoms with E-state index < -0.39 is 0 Å². The van der Waals surface area contributed by atoms with Gasteiger partial charge in [0.25, 0.3) is 0 Å². The van der Waals surface area contributed by atoms with E-state index in [0.29, 0.717) is 16.9 Å². The summed E-state index contributed by atoms with van der Waals surface area (Å²) in [6.07, 6.45) is 4.11. The number of pyridine rings is 1. The minimum Gasteiger partial charge on any atom is -0.308 e. The third kappa shape index (κ3) is 2.06. The molecule has 0 aromatic carbocycles. The summed E-state index contributed by atoms with van der Waals surface area (Å²) in [5, 5.41) is 3.77. The zero-order chi connectivity index (χ0) is 13.7. The van der Waals surface area contributed by atoms with Gasteiger partial charge in [0, 0.05) is 12.6 Å². The van der Waals surface area contributed by atoms with Crippen LogP contribution in [0.4, 0.5) is 0 Å². The van der Waals surface area contributed by atoms with Gasteiger partial charge in [0.05, 0.1) is 5.69 Å². The third-order valence-electron chi connectivity index (χ3n) is 6.10. The first-order valence-corrected chi connectivity index (χ1v) is 8.07. The second-order valence-corrected chi connectivity index (χ2v) is 7.81. The molecule has 0 saturated heterocycles. The van der Waals surface area contributed by atoms with Crippen LogP contribution in [0.2, 0.25) is 0 Å². The van der Waals surface area contributed by atoms with Crippen LogP contribution in [0.5, 0.6) is 0 Å². The summed E-state index contributed by atoms with van der Waals surface area (Å²) in [6, 6.07) is 6.77. The Morgan fingerprint density at radius 1 is 1.37 bits per heavy atom. The fraction of sp³-hybridized carbons (Fsp3) is 0.688. The lowest BCUT2D eigenvalue weighted by Gasteiger charge is -2.39. The lowest BCUT2D eigenvalue weighted by Crippen LogP contribution is -2.44. The van der Waals surface area contributed by atoms with E-state index in [0.717, 1.165) is 22.8 Å². The molecule has 104 valence electrons. The third-order valence-corrected chi connectivity index (χ3v) is 6.54. The summed E-state index contributed by atoms with van der Waals surface area (Å²) in [7, 11) is 0. The second-order valence-electron chi connectivity index (χ2n) is 7.00. The topological polar surface area (TPSA) is 24.9 Å². The lowest BCUT2D eigenvalue weighted by molar-refractivity contribution is 0.120. The van der Waals surface area contributed by atoms with Gasteiger partial charge in [-0.05, 0) is 64.1 Å². The van der Waals surface area contributed by atoms with Gasteiger partial charge in [0.2, 0.25) is 0 Å². The Hall–Kier alpha value is -0.410. The minimum atomic E-state index is 0.448. The van der Waals surface area contributed by atoms with E-state index in [4.69, 9.17) is 0 Å². The van der Waals surface area contributed by atoms with Gasteiger partial charge in [0.1, 0.15) is 4.60 Å². The number of aromatic nitrogens is 1. The zero-order valence-corrected chi connectivity index (χ0v) is 13.6. The van der Waals surface area contributed by atoms with Crippen LogP contribution in [-0.2, 0) is 6.54 Å². The van der Waals surface area contributed by atoms with Gasteiger partial charge in [-0.2, -0.15) is 0 Å². The van der Waals surface area contributed by atoms with E-state index in [1.807, 2.05) is 6.07 Å². The summed E-state index contributed by atoms with van der Waals surface area (Å²) in [5.41, 5.74) is 2.05. The number of fused-ring (bicyclic) bond motifs is 2. The Morgan fingerprint density at radius 2 is 2.16 bits per heavy atom. The van der Waals surface area contributed by atoms with Crippen molar-refractivity contribution in [2.24, 2.45) is 16.7 Å². The average Bonchev–Trinajstić information content (AvgIpc) is 2.69. The quantitative estimate of drug-likeness (QED) is 0.845. The lowest BCUT2D eigenvalue weighted by atomic mass is 9.69. The summed E-state index contributed by atoms with van der Waals surface area (Å²) >= 11 is 3.44. The number of nitrogens with one attached hydrogen (secondary N) is 1. The fourth-order valence-corrected chi connectivity index (χ4v) is 4.67. The number of hydrogen-bond acceptors (Lipinski definition) is 2. The van der Waals surface area contributed by atoms with Gasteiger partial charge in [-0.1, -0.05) is 26.8 Å². The van der Waals surface area contributed by atoms with Crippen molar-refractivity contribution in [3.8, 4) is 0 Å². The normalized spacial score (nSPS) is 35.8. The first-order valence-electron chi connectivity index (χ1n) is 7.28. The molecule has 0 amide bonds. The molecule has 1 aromatic heterocycles. The zero-order valence-electron chi connectivity index (χ0n) is 12.0. The molecule has 1 aromatic rings. The predicted molar refractivity (Wildman–Crippen MR) is 81.8 cm³/mol. The minimum absolute atomic E-state index is 0.448. The average molecular weight is 323 g/mol. The maximum absolute atomic E-state index is 4.51. The molecular weight excluding hydrogens is 300 g/mol. The molecule has 1 heterocycles. The molecule has 0 spiro atoms. The molecule has 3 rings (SSSR count). The Balaban J connectivity index is 1.69. The number of rotatable bonds is 3. The molecule has 2 aliphatic carbocycles. The Labute approximate surface area is 124 Å². The van der Waals surface area contributed by atoms with E-state index in [1.165, 1.54) is 19.3 Å². The van der Waals surface area contributed by atoms with Crippen LogP contribution in [0.15, 0.2) is 22.8 Å². The molecule has 2 fully saturated rings. The van der Waals surface area contributed by atoms with Crippen molar-refractivity contribution in [1.82, 2.24) is 10.3 Å². The standard InChI is InChI=1S/C16H23BrN2/c1-15(2)11-7-8-16(15,3)13(9-11)18-10-12-5-4-6-14(17)19-12/h4-6,11,13,18H,7-10H2,1-3H3. The van der Waals surface area contributed by atoms with Gasteiger partial charge in [-0.15, -0.1) is 0 Å². The Kier molecular flexibility index (Phi) is 3.25. The molecule has 0 aliphatic heterocycles. The van der Waals surface area contributed by atoms with Crippen LogP contribution < -0.4 is 5.32 Å². The molecule has 2 saturated carbocycles. The van der Waals surface area contributed by atoms with E-state index in [2.05, 4.69) is 59.1 Å². The summed E-state index contributed by atoms with van der Waals surface area (Å²) in [5.74, 6) is 0.894. The maximum Gasteiger partial charge on any atom is 0.106 e. The summed E-state index contributed by atoms with van der Waals surface area (Å²) < 4.78 is 0.922. The Morgan fingerprint density at radius 3 is 2.74 bits per heavy atom. The SMILES string of the molecule is CC1(C)C2CCC1(C)C(NCc1cccc(Br)n1)C2. The van der Waals surface area contributed by atoms with Crippen LogP contribution in [-0.4, -0.2) is 11.0 Å². The van der Waals surface area contributed by atoms with Crippen molar-refractivity contribution in [3.63, 3.8) is 0 Å². The van der Waals surface area contributed by atoms with Gasteiger partial charge >= 0.3 is 0 Å². The monoisotopic (exact) mass is 322 g/mol. The largest absolute Gasteiger partial charge is 0.308 e. The van der Waals surface area contributed by atoms with Crippen molar-refractivity contribution >= 4 is 15.9 Å². The molecule has 2 aliphatic rings. The van der Waals surface area contributed by atoms with Crippen LogP contribution in [0.1, 0.15) is 45.7 Å². The molecule has 19 heavy (non-hydrogen) atoms. The van der Waals surface area contributed by atoms with Crippen molar-refractivity contribution in [2.45, 2.75) is 52.6 Å². The number of halogens is 1. The smallest absolute Gasteiger partial charge is 0.106 e. The highest BCUT2D eigenvalue weighted by Crippen LogP contribution is 2.65. The molecule has 3 atom stereocenters. The second kappa shape index (κ2) is 4.56. The highest BCUT2D eigenvalue weighted by atomic mass is 79.9. The van der Waals surface area contributed by atoms with Crippen molar-refractivity contribution in [1.29, 1.82) is 0 Å². The van der Waals surface area contributed by atoms with Gasteiger partial charge < -0.3 is 5.32 Å². The first-order chi connectivity index (χ1) is 8.93. The van der Waals surface area contributed by atoms with Gasteiger partial charge in [-0.3, -0.25) is 0 Å².